The number of anilines is 1. The molecule has 2 bridgehead atoms. The van der Waals surface area contributed by atoms with E-state index in [-0.39, 0.29) is 5.82 Å². The van der Waals surface area contributed by atoms with Gasteiger partial charge in [-0.1, -0.05) is 18.5 Å². The Morgan fingerprint density at radius 2 is 2.00 bits per heavy atom. The molecule has 0 spiro atoms. The number of halogens is 2. The van der Waals surface area contributed by atoms with Crippen LogP contribution in [0.4, 0.5) is 10.1 Å². The summed E-state index contributed by atoms with van der Waals surface area (Å²) >= 11 is 5.84. The topological polar surface area (TPSA) is 15.3 Å². The Bertz CT molecular complexity index is 451. The van der Waals surface area contributed by atoms with E-state index in [1.807, 2.05) is 6.07 Å². The number of benzene rings is 1. The van der Waals surface area contributed by atoms with E-state index in [0.29, 0.717) is 23.1 Å². The summed E-state index contributed by atoms with van der Waals surface area (Å²) in [6.45, 7) is 3.16. The van der Waals surface area contributed by atoms with Crippen LogP contribution in [0.1, 0.15) is 32.6 Å². The van der Waals surface area contributed by atoms with Crippen molar-refractivity contribution in [3.05, 3.63) is 29.0 Å². The number of rotatable bonds is 3. The van der Waals surface area contributed by atoms with Crippen LogP contribution in [0, 0.1) is 5.82 Å². The van der Waals surface area contributed by atoms with E-state index in [1.54, 1.807) is 6.07 Å². The highest BCUT2D eigenvalue weighted by atomic mass is 35.5. The van der Waals surface area contributed by atoms with Crippen molar-refractivity contribution in [3.63, 3.8) is 0 Å². The summed E-state index contributed by atoms with van der Waals surface area (Å²) < 4.78 is 14.1. The molecule has 0 aliphatic carbocycles. The predicted octanol–water partition coefficient (Wildman–Crippen LogP) is 3.59. The summed E-state index contributed by atoms with van der Waals surface area (Å²) in [7, 11) is 0. The summed E-state index contributed by atoms with van der Waals surface area (Å²) in [6.07, 6.45) is 4.59. The minimum absolute atomic E-state index is 0.189. The third kappa shape index (κ3) is 2.46. The molecule has 2 nitrogen and oxygen atoms in total. The molecule has 0 saturated carbocycles. The largest absolute Gasteiger partial charge is 0.363 e. The lowest BCUT2D eigenvalue weighted by Gasteiger charge is -2.41. The third-order valence-electron chi connectivity index (χ3n) is 4.41. The van der Waals surface area contributed by atoms with Gasteiger partial charge >= 0.3 is 0 Å². The van der Waals surface area contributed by atoms with Crippen LogP contribution in [0.25, 0.3) is 0 Å². The Kier molecular flexibility index (Phi) is 3.68. The fourth-order valence-corrected chi connectivity index (χ4v) is 3.88. The molecule has 0 radical (unpaired) electrons. The number of nitrogens with zero attached hydrogens (tertiary/aromatic N) is 1. The van der Waals surface area contributed by atoms with E-state index in [2.05, 4.69) is 17.1 Å². The van der Waals surface area contributed by atoms with Crippen molar-refractivity contribution in [2.45, 2.75) is 50.7 Å². The van der Waals surface area contributed by atoms with Crippen molar-refractivity contribution in [3.8, 4) is 0 Å². The molecule has 104 valence electrons. The summed E-state index contributed by atoms with van der Waals surface area (Å²) in [4.78, 5) is 2.29. The smallest absolute Gasteiger partial charge is 0.147 e. The fraction of sp³-hybridized carbons (Fsp3) is 0.600. The van der Waals surface area contributed by atoms with Gasteiger partial charge in [0.1, 0.15) is 5.82 Å². The average molecular weight is 283 g/mol. The standard InChI is InChI=1S/C15H20ClFN2/c1-2-18-11-8-12-4-5-13(9-11)19(12)15-6-3-10(16)7-14(15)17/h3,6-7,11-13,18H,2,4-5,8-9H2,1H3. The van der Waals surface area contributed by atoms with Crippen molar-refractivity contribution >= 4 is 17.3 Å². The molecule has 1 aromatic rings. The third-order valence-corrected chi connectivity index (χ3v) is 4.65. The Morgan fingerprint density at radius 3 is 2.58 bits per heavy atom. The van der Waals surface area contributed by atoms with Gasteiger partial charge in [-0.05, 0) is 50.4 Å². The lowest BCUT2D eigenvalue weighted by Crippen LogP contribution is -2.49. The molecular formula is C15H20ClFN2. The number of fused-ring (bicyclic) bond motifs is 2. The summed E-state index contributed by atoms with van der Waals surface area (Å²) in [5.41, 5.74) is 0.729. The summed E-state index contributed by atoms with van der Waals surface area (Å²) in [6, 6.07) is 6.57. The molecule has 4 heteroatoms. The number of hydrogen-bond donors (Lipinski definition) is 1. The van der Waals surface area contributed by atoms with Crippen molar-refractivity contribution in [2.24, 2.45) is 0 Å². The van der Waals surface area contributed by atoms with Gasteiger partial charge < -0.3 is 10.2 Å². The molecule has 2 aliphatic heterocycles. The number of hydrogen-bond acceptors (Lipinski definition) is 2. The van der Waals surface area contributed by atoms with Crippen LogP contribution in [-0.2, 0) is 0 Å². The highest BCUT2D eigenvalue weighted by Gasteiger charge is 2.41. The van der Waals surface area contributed by atoms with Gasteiger partial charge in [-0.15, -0.1) is 0 Å². The fourth-order valence-electron chi connectivity index (χ4n) is 3.72. The van der Waals surface area contributed by atoms with Crippen LogP contribution in [0.5, 0.6) is 0 Å². The first-order valence-electron chi connectivity index (χ1n) is 7.15. The van der Waals surface area contributed by atoms with Crippen LogP contribution in [0.15, 0.2) is 18.2 Å². The van der Waals surface area contributed by atoms with Gasteiger partial charge in [0, 0.05) is 23.1 Å². The zero-order valence-corrected chi connectivity index (χ0v) is 12.0. The summed E-state index contributed by atoms with van der Waals surface area (Å²) in [5.74, 6) is -0.189. The van der Waals surface area contributed by atoms with E-state index in [9.17, 15) is 4.39 Å². The molecule has 2 saturated heterocycles. The maximum absolute atomic E-state index is 14.1. The molecule has 0 aromatic heterocycles. The number of piperidine rings is 1. The highest BCUT2D eigenvalue weighted by Crippen LogP contribution is 2.40. The van der Waals surface area contributed by atoms with Crippen molar-refractivity contribution in [1.29, 1.82) is 0 Å². The second kappa shape index (κ2) is 5.29. The second-order valence-electron chi connectivity index (χ2n) is 5.61. The average Bonchev–Trinajstić information content (AvgIpc) is 2.63. The van der Waals surface area contributed by atoms with Crippen LogP contribution in [0.3, 0.4) is 0 Å². The lowest BCUT2D eigenvalue weighted by atomic mass is 9.96. The maximum atomic E-state index is 14.1. The molecule has 2 aliphatic rings. The molecule has 19 heavy (non-hydrogen) atoms. The van der Waals surface area contributed by atoms with Crippen LogP contribution in [0.2, 0.25) is 5.02 Å². The Labute approximate surface area is 118 Å². The SMILES string of the molecule is CCNC1CC2CCC(C1)N2c1ccc(Cl)cc1F. The normalized spacial score (nSPS) is 29.8. The molecule has 2 fully saturated rings. The van der Waals surface area contributed by atoms with Gasteiger partial charge in [0.05, 0.1) is 5.69 Å². The first-order valence-corrected chi connectivity index (χ1v) is 7.53. The minimum atomic E-state index is -0.189. The second-order valence-corrected chi connectivity index (χ2v) is 6.05. The van der Waals surface area contributed by atoms with Crippen LogP contribution in [-0.4, -0.2) is 24.7 Å². The molecule has 2 unspecified atom stereocenters. The van der Waals surface area contributed by atoms with Gasteiger partial charge in [-0.3, -0.25) is 0 Å². The van der Waals surface area contributed by atoms with Gasteiger partial charge in [-0.2, -0.15) is 0 Å². The van der Waals surface area contributed by atoms with Crippen molar-refractivity contribution in [2.75, 3.05) is 11.4 Å². The van der Waals surface area contributed by atoms with Crippen molar-refractivity contribution in [1.82, 2.24) is 5.32 Å². The zero-order chi connectivity index (χ0) is 13.4. The van der Waals surface area contributed by atoms with Crippen LogP contribution >= 0.6 is 11.6 Å². The molecular weight excluding hydrogens is 263 g/mol. The van der Waals surface area contributed by atoms with Gasteiger partial charge in [-0.25, -0.2) is 4.39 Å². The molecule has 1 aromatic carbocycles. The van der Waals surface area contributed by atoms with Crippen molar-refractivity contribution < 1.29 is 4.39 Å². The summed E-state index contributed by atoms with van der Waals surface area (Å²) in [5, 5.41) is 4.01. The first kappa shape index (κ1) is 13.2. The number of nitrogens with one attached hydrogen (secondary N) is 1. The van der Waals surface area contributed by atoms with Gasteiger partial charge in [0.15, 0.2) is 0 Å². The first-order chi connectivity index (χ1) is 9.19. The van der Waals surface area contributed by atoms with Gasteiger partial charge in [0.2, 0.25) is 0 Å². The minimum Gasteiger partial charge on any atom is -0.363 e. The molecule has 0 amide bonds. The monoisotopic (exact) mass is 282 g/mol. The Balaban J connectivity index is 1.83. The quantitative estimate of drug-likeness (QED) is 0.911. The Morgan fingerprint density at radius 1 is 1.32 bits per heavy atom. The predicted molar refractivity (Wildman–Crippen MR) is 77.4 cm³/mol. The van der Waals surface area contributed by atoms with Crippen LogP contribution < -0.4 is 10.2 Å². The molecule has 1 N–H and O–H groups in total. The maximum Gasteiger partial charge on any atom is 0.147 e. The van der Waals surface area contributed by atoms with E-state index < -0.39 is 0 Å². The Hall–Kier alpha value is -0.800. The van der Waals surface area contributed by atoms with E-state index in [1.165, 1.54) is 18.9 Å². The van der Waals surface area contributed by atoms with E-state index >= 15 is 0 Å². The highest BCUT2D eigenvalue weighted by molar-refractivity contribution is 6.30. The zero-order valence-electron chi connectivity index (χ0n) is 11.2. The van der Waals surface area contributed by atoms with E-state index in [0.717, 1.165) is 25.1 Å². The molecule has 3 rings (SSSR count). The van der Waals surface area contributed by atoms with Gasteiger partial charge in [0.25, 0.3) is 0 Å². The lowest BCUT2D eigenvalue weighted by molar-refractivity contribution is 0.359. The van der Waals surface area contributed by atoms with E-state index in [4.69, 9.17) is 11.6 Å². The molecule has 2 heterocycles. The molecule has 2 atom stereocenters.